The molecule has 2 aromatic rings. The lowest BCUT2D eigenvalue weighted by atomic mass is 9.94. The van der Waals surface area contributed by atoms with Crippen LogP contribution in [0.25, 0.3) is 0 Å². The summed E-state index contributed by atoms with van der Waals surface area (Å²) < 4.78 is 13.5. The van der Waals surface area contributed by atoms with Crippen molar-refractivity contribution in [1.82, 2.24) is 10.3 Å². The molecule has 0 radical (unpaired) electrons. The first-order chi connectivity index (χ1) is 9.83. The van der Waals surface area contributed by atoms with Gasteiger partial charge in [-0.2, -0.15) is 0 Å². The van der Waals surface area contributed by atoms with E-state index in [1.807, 2.05) is 19.2 Å². The van der Waals surface area contributed by atoms with E-state index in [1.54, 1.807) is 23.5 Å². The van der Waals surface area contributed by atoms with Crippen molar-refractivity contribution in [3.63, 3.8) is 0 Å². The Kier molecular flexibility index (Phi) is 5.12. The average Bonchev–Trinajstić information content (AvgIpc) is 2.79. The van der Waals surface area contributed by atoms with Crippen LogP contribution in [0.15, 0.2) is 30.5 Å². The summed E-state index contributed by atoms with van der Waals surface area (Å²) in [4.78, 5) is 5.56. The number of hydrogen-bond acceptors (Lipinski definition) is 3. The predicted molar refractivity (Wildman–Crippen MR) is 87.5 cm³/mol. The van der Waals surface area contributed by atoms with Gasteiger partial charge in [-0.05, 0) is 51.8 Å². The molecule has 2 rings (SSSR count). The third kappa shape index (κ3) is 5.21. The monoisotopic (exact) mass is 306 g/mol. The largest absolute Gasteiger partial charge is 0.311 e. The Bertz CT molecular complexity index is 586. The van der Waals surface area contributed by atoms with Crippen LogP contribution >= 0.6 is 11.3 Å². The number of nitrogens with zero attached hydrogens (tertiary/aromatic N) is 1. The fraction of sp³-hybridized carbons (Fsp3) is 0.471. The van der Waals surface area contributed by atoms with Gasteiger partial charge in [0, 0.05) is 29.1 Å². The van der Waals surface area contributed by atoms with Crippen molar-refractivity contribution in [3.05, 3.63) is 51.7 Å². The predicted octanol–water partition coefficient (Wildman–Crippen LogP) is 4.31. The van der Waals surface area contributed by atoms with Crippen molar-refractivity contribution >= 4 is 11.3 Å². The van der Waals surface area contributed by atoms with Crippen molar-refractivity contribution in [2.75, 3.05) is 6.54 Å². The smallest absolute Gasteiger partial charge is 0.123 e. The van der Waals surface area contributed by atoms with Crippen LogP contribution < -0.4 is 5.32 Å². The lowest BCUT2D eigenvalue weighted by Gasteiger charge is -2.25. The van der Waals surface area contributed by atoms with Gasteiger partial charge >= 0.3 is 0 Å². The Morgan fingerprint density at radius 2 is 2.10 bits per heavy atom. The highest BCUT2D eigenvalue weighted by atomic mass is 32.1. The Labute approximate surface area is 130 Å². The summed E-state index contributed by atoms with van der Waals surface area (Å²) in [5.74, 6) is 0.0773. The molecule has 1 heterocycles. The number of thiazole rings is 1. The molecule has 0 amide bonds. The number of aromatic nitrogens is 1. The van der Waals surface area contributed by atoms with Gasteiger partial charge in [0.25, 0.3) is 0 Å². The second kappa shape index (κ2) is 6.67. The maximum Gasteiger partial charge on any atom is 0.123 e. The Hall–Kier alpha value is -1.26. The number of aryl methyl sites for hydroxylation is 1. The van der Waals surface area contributed by atoms with Gasteiger partial charge in [-0.15, -0.1) is 11.3 Å². The van der Waals surface area contributed by atoms with Crippen LogP contribution in [-0.4, -0.2) is 17.1 Å². The molecule has 0 bridgehead atoms. The fourth-order valence-electron chi connectivity index (χ4n) is 2.24. The molecule has 0 aliphatic heterocycles. The lowest BCUT2D eigenvalue weighted by molar-refractivity contribution is 0.405. The van der Waals surface area contributed by atoms with Crippen LogP contribution in [0.1, 0.15) is 42.1 Å². The molecule has 0 saturated carbocycles. The van der Waals surface area contributed by atoms with E-state index in [0.29, 0.717) is 0 Å². The summed E-state index contributed by atoms with van der Waals surface area (Å²) in [5, 5.41) is 4.60. The van der Waals surface area contributed by atoms with Crippen LogP contribution in [0, 0.1) is 12.7 Å². The SMILES string of the molecule is Cc1ncc(CC(CNC(C)(C)C)c2cccc(F)c2)s1. The summed E-state index contributed by atoms with van der Waals surface area (Å²) >= 11 is 1.72. The third-order valence-electron chi connectivity index (χ3n) is 3.32. The van der Waals surface area contributed by atoms with Crippen molar-refractivity contribution in [2.24, 2.45) is 0 Å². The number of benzene rings is 1. The molecular formula is C17H23FN2S. The van der Waals surface area contributed by atoms with Gasteiger partial charge in [-0.3, -0.25) is 0 Å². The summed E-state index contributed by atoms with van der Waals surface area (Å²) in [6.45, 7) is 9.27. The second-order valence-corrected chi connectivity index (χ2v) is 7.75. The van der Waals surface area contributed by atoms with Crippen LogP contribution in [0.5, 0.6) is 0 Å². The van der Waals surface area contributed by atoms with Gasteiger partial charge < -0.3 is 5.32 Å². The zero-order valence-electron chi connectivity index (χ0n) is 13.1. The Morgan fingerprint density at radius 3 is 2.67 bits per heavy atom. The normalized spacial score (nSPS) is 13.4. The number of hydrogen-bond donors (Lipinski definition) is 1. The van der Waals surface area contributed by atoms with Gasteiger partial charge in [0.15, 0.2) is 0 Å². The van der Waals surface area contributed by atoms with Crippen molar-refractivity contribution in [1.29, 1.82) is 0 Å². The Balaban J connectivity index is 2.17. The third-order valence-corrected chi connectivity index (χ3v) is 4.25. The number of halogens is 1. The van der Waals surface area contributed by atoms with Crippen LogP contribution in [0.2, 0.25) is 0 Å². The van der Waals surface area contributed by atoms with Crippen LogP contribution in [0.4, 0.5) is 4.39 Å². The average molecular weight is 306 g/mol. The topological polar surface area (TPSA) is 24.9 Å². The van der Waals surface area contributed by atoms with E-state index < -0.39 is 0 Å². The molecule has 0 spiro atoms. The van der Waals surface area contributed by atoms with Crippen molar-refractivity contribution < 1.29 is 4.39 Å². The van der Waals surface area contributed by atoms with Gasteiger partial charge in [-0.1, -0.05) is 12.1 Å². The molecule has 4 heteroatoms. The van der Waals surface area contributed by atoms with E-state index in [9.17, 15) is 4.39 Å². The van der Waals surface area contributed by atoms with Crippen LogP contribution in [-0.2, 0) is 6.42 Å². The van der Waals surface area contributed by atoms with E-state index in [0.717, 1.165) is 23.5 Å². The van der Waals surface area contributed by atoms with Gasteiger partial charge in [0.1, 0.15) is 5.82 Å². The van der Waals surface area contributed by atoms with E-state index in [4.69, 9.17) is 0 Å². The summed E-state index contributed by atoms with van der Waals surface area (Å²) in [6.07, 6.45) is 2.82. The van der Waals surface area contributed by atoms with Crippen molar-refractivity contribution in [3.8, 4) is 0 Å². The molecule has 1 unspecified atom stereocenters. The first-order valence-corrected chi connectivity index (χ1v) is 8.07. The number of nitrogens with one attached hydrogen (secondary N) is 1. The molecule has 1 aromatic heterocycles. The molecule has 2 nitrogen and oxygen atoms in total. The van der Waals surface area contributed by atoms with Crippen LogP contribution in [0.3, 0.4) is 0 Å². The van der Waals surface area contributed by atoms with E-state index >= 15 is 0 Å². The summed E-state index contributed by atoms with van der Waals surface area (Å²) in [7, 11) is 0. The summed E-state index contributed by atoms with van der Waals surface area (Å²) in [6, 6.07) is 6.93. The standard InChI is InChI=1S/C17H23FN2S/c1-12-19-11-16(21-12)9-14(10-20-17(2,3)4)13-6-5-7-15(18)8-13/h5-8,11,14,20H,9-10H2,1-4H3. The zero-order chi connectivity index (χ0) is 15.5. The fourth-order valence-corrected chi connectivity index (χ4v) is 3.12. The minimum absolute atomic E-state index is 0.0508. The van der Waals surface area contributed by atoms with Crippen molar-refractivity contribution in [2.45, 2.75) is 45.6 Å². The molecule has 0 fully saturated rings. The quantitative estimate of drug-likeness (QED) is 0.890. The lowest BCUT2D eigenvalue weighted by Crippen LogP contribution is -2.39. The molecule has 1 N–H and O–H groups in total. The molecule has 0 aliphatic carbocycles. The highest BCUT2D eigenvalue weighted by molar-refractivity contribution is 7.11. The second-order valence-electron chi connectivity index (χ2n) is 6.43. The van der Waals surface area contributed by atoms with E-state index in [1.165, 1.54) is 10.9 Å². The van der Waals surface area contributed by atoms with E-state index in [-0.39, 0.29) is 17.3 Å². The van der Waals surface area contributed by atoms with Gasteiger partial charge in [0.05, 0.1) is 5.01 Å². The maximum absolute atomic E-state index is 13.5. The minimum Gasteiger partial charge on any atom is -0.311 e. The number of rotatable bonds is 5. The molecular weight excluding hydrogens is 283 g/mol. The summed E-state index contributed by atoms with van der Waals surface area (Å²) in [5.41, 5.74) is 1.09. The van der Waals surface area contributed by atoms with Gasteiger partial charge in [-0.25, -0.2) is 9.37 Å². The molecule has 0 saturated heterocycles. The molecule has 0 aliphatic rings. The Morgan fingerprint density at radius 1 is 1.33 bits per heavy atom. The molecule has 114 valence electrons. The first kappa shape index (κ1) is 16.1. The zero-order valence-corrected chi connectivity index (χ0v) is 13.9. The molecule has 1 aromatic carbocycles. The van der Waals surface area contributed by atoms with E-state index in [2.05, 4.69) is 31.1 Å². The van der Waals surface area contributed by atoms with Gasteiger partial charge in [0.2, 0.25) is 0 Å². The first-order valence-electron chi connectivity index (χ1n) is 7.25. The maximum atomic E-state index is 13.5. The minimum atomic E-state index is -0.172. The highest BCUT2D eigenvalue weighted by Crippen LogP contribution is 2.24. The molecule has 1 atom stereocenters. The highest BCUT2D eigenvalue weighted by Gasteiger charge is 2.18. The molecule has 21 heavy (non-hydrogen) atoms.